The summed E-state index contributed by atoms with van der Waals surface area (Å²) in [5.41, 5.74) is 0.301. The SMILES string of the molecule is O=C1/C=C/CC2(CCN(CC(=O)NCc3cccc(F)c3)CC2)C(=O)NCCNC(=O)c2ccccc2OCCN1. The molecule has 0 atom stereocenters. The third-order valence-electron chi connectivity index (χ3n) is 7.31. The van der Waals surface area contributed by atoms with Crippen LogP contribution in [0.3, 0.4) is 0 Å². The van der Waals surface area contributed by atoms with Gasteiger partial charge in [0, 0.05) is 19.6 Å². The number of carbonyl (C=O) groups excluding carboxylic acids is 4. The molecule has 218 valence electrons. The summed E-state index contributed by atoms with van der Waals surface area (Å²) in [5.74, 6) is -0.886. The van der Waals surface area contributed by atoms with Gasteiger partial charge in [0.05, 0.1) is 24.1 Å². The van der Waals surface area contributed by atoms with Gasteiger partial charge in [0.1, 0.15) is 18.2 Å². The van der Waals surface area contributed by atoms with Crippen LogP contribution in [0.1, 0.15) is 35.2 Å². The molecule has 2 aromatic rings. The average Bonchev–Trinajstić information content (AvgIpc) is 2.97. The molecule has 2 aromatic carbocycles. The first-order chi connectivity index (χ1) is 19.8. The van der Waals surface area contributed by atoms with Crippen LogP contribution in [-0.4, -0.2) is 74.4 Å². The van der Waals surface area contributed by atoms with Gasteiger partial charge in [-0.15, -0.1) is 0 Å². The Balaban J connectivity index is 1.35. The summed E-state index contributed by atoms with van der Waals surface area (Å²) < 4.78 is 19.1. The molecule has 2 aliphatic heterocycles. The van der Waals surface area contributed by atoms with Gasteiger partial charge < -0.3 is 26.0 Å². The number of fused-ring (bicyclic) bond motifs is 1. The first-order valence-corrected chi connectivity index (χ1v) is 13.8. The molecule has 0 bridgehead atoms. The number of rotatable bonds is 4. The Labute approximate surface area is 238 Å². The highest BCUT2D eigenvalue weighted by Gasteiger charge is 2.40. The molecular formula is C30H36FN5O5. The Morgan fingerprint density at radius 1 is 0.976 bits per heavy atom. The highest BCUT2D eigenvalue weighted by Crippen LogP contribution is 2.36. The summed E-state index contributed by atoms with van der Waals surface area (Å²) in [5, 5.41) is 11.3. The largest absolute Gasteiger partial charge is 0.491 e. The number of benzene rings is 2. The number of nitrogens with zero attached hydrogens (tertiary/aromatic N) is 1. The van der Waals surface area contributed by atoms with E-state index in [9.17, 15) is 23.6 Å². The van der Waals surface area contributed by atoms with Gasteiger partial charge >= 0.3 is 0 Å². The molecule has 4 rings (SSSR count). The molecule has 4 N–H and O–H groups in total. The highest BCUT2D eigenvalue weighted by atomic mass is 19.1. The maximum absolute atomic E-state index is 13.4. The van der Waals surface area contributed by atoms with Crippen LogP contribution < -0.4 is 26.0 Å². The fourth-order valence-corrected chi connectivity index (χ4v) is 4.97. The van der Waals surface area contributed by atoms with Gasteiger partial charge in [-0.3, -0.25) is 24.1 Å². The fourth-order valence-electron chi connectivity index (χ4n) is 4.97. The van der Waals surface area contributed by atoms with Gasteiger partial charge in [-0.2, -0.15) is 0 Å². The number of para-hydroxylation sites is 1. The third-order valence-corrected chi connectivity index (χ3v) is 7.31. The van der Waals surface area contributed by atoms with Crippen molar-refractivity contribution in [3.8, 4) is 5.75 Å². The Hall–Kier alpha value is -4.25. The lowest BCUT2D eigenvalue weighted by atomic mass is 9.74. The summed E-state index contributed by atoms with van der Waals surface area (Å²) in [6.07, 6.45) is 4.50. The van der Waals surface area contributed by atoms with Crippen molar-refractivity contribution in [3.05, 3.63) is 77.6 Å². The molecule has 2 aliphatic rings. The molecule has 0 aromatic heterocycles. The van der Waals surface area contributed by atoms with Crippen molar-refractivity contribution in [2.75, 3.05) is 45.9 Å². The number of allylic oxidation sites excluding steroid dienone is 1. The van der Waals surface area contributed by atoms with E-state index < -0.39 is 5.41 Å². The maximum atomic E-state index is 13.4. The van der Waals surface area contributed by atoms with E-state index in [1.807, 2.05) is 4.90 Å². The summed E-state index contributed by atoms with van der Waals surface area (Å²) in [6, 6.07) is 12.9. The Morgan fingerprint density at radius 3 is 2.56 bits per heavy atom. The number of hydrogen-bond acceptors (Lipinski definition) is 6. The number of likely N-dealkylation sites (tertiary alicyclic amines) is 1. The minimum Gasteiger partial charge on any atom is -0.491 e. The monoisotopic (exact) mass is 565 g/mol. The maximum Gasteiger partial charge on any atom is 0.255 e. The number of ether oxygens (including phenoxy) is 1. The van der Waals surface area contributed by atoms with Gasteiger partial charge in [-0.05, 0) is 68.3 Å². The molecule has 0 unspecified atom stereocenters. The summed E-state index contributed by atoms with van der Waals surface area (Å²) in [4.78, 5) is 53.0. The molecule has 0 saturated carbocycles. The molecule has 1 spiro atoms. The number of nitrogens with one attached hydrogen (secondary N) is 4. The molecule has 0 radical (unpaired) electrons. The Bertz CT molecular complexity index is 1280. The van der Waals surface area contributed by atoms with E-state index in [0.717, 1.165) is 0 Å². The number of hydrogen-bond donors (Lipinski definition) is 4. The molecule has 4 amide bonds. The van der Waals surface area contributed by atoms with Crippen LogP contribution in [0.5, 0.6) is 5.75 Å². The summed E-state index contributed by atoms with van der Waals surface area (Å²) in [7, 11) is 0. The first kappa shape index (κ1) is 29.7. The van der Waals surface area contributed by atoms with Gasteiger partial charge in [0.2, 0.25) is 17.7 Å². The second-order valence-electron chi connectivity index (χ2n) is 10.2. The predicted octanol–water partition coefficient (Wildman–Crippen LogP) is 1.53. The third kappa shape index (κ3) is 8.62. The second-order valence-corrected chi connectivity index (χ2v) is 10.2. The van der Waals surface area contributed by atoms with E-state index in [2.05, 4.69) is 21.3 Å². The van der Waals surface area contributed by atoms with Crippen molar-refractivity contribution in [3.63, 3.8) is 0 Å². The summed E-state index contributed by atoms with van der Waals surface area (Å²) in [6.45, 7) is 2.37. The van der Waals surface area contributed by atoms with E-state index >= 15 is 0 Å². The van der Waals surface area contributed by atoms with Crippen molar-refractivity contribution in [2.24, 2.45) is 5.41 Å². The van der Waals surface area contributed by atoms with Crippen LogP contribution in [0.25, 0.3) is 0 Å². The average molecular weight is 566 g/mol. The standard InChI is InChI=1S/C30H36FN5O5/c31-23-6-3-5-22(19-23)20-35-27(38)21-36-16-11-30(12-17-36)10-4-9-26(37)32-15-18-41-25-8-2-1-7-24(25)28(39)33-13-14-34-29(30)40/h1-9,19H,10-18,20-21H2,(H,32,37)(H,33,39)(H,34,40)(H,35,38)/b9-4+. The topological polar surface area (TPSA) is 129 Å². The van der Waals surface area contributed by atoms with Crippen LogP contribution in [0.4, 0.5) is 4.39 Å². The minimum absolute atomic E-state index is 0.153. The lowest BCUT2D eigenvalue weighted by Gasteiger charge is -2.40. The van der Waals surface area contributed by atoms with E-state index in [1.54, 1.807) is 42.5 Å². The van der Waals surface area contributed by atoms with Crippen molar-refractivity contribution < 1.29 is 28.3 Å². The van der Waals surface area contributed by atoms with E-state index in [4.69, 9.17) is 4.74 Å². The molecule has 2 heterocycles. The second kappa shape index (κ2) is 14.4. The molecular weight excluding hydrogens is 529 g/mol. The number of carbonyl (C=O) groups is 4. The van der Waals surface area contributed by atoms with E-state index in [0.29, 0.717) is 49.2 Å². The quantitative estimate of drug-likeness (QED) is 0.445. The minimum atomic E-state index is -0.751. The van der Waals surface area contributed by atoms with Crippen LogP contribution in [-0.2, 0) is 20.9 Å². The number of amides is 4. The smallest absolute Gasteiger partial charge is 0.255 e. The van der Waals surface area contributed by atoms with Crippen LogP contribution in [0, 0.1) is 11.2 Å². The van der Waals surface area contributed by atoms with Crippen LogP contribution >= 0.6 is 0 Å². The van der Waals surface area contributed by atoms with Gasteiger partial charge in [-0.1, -0.05) is 30.3 Å². The zero-order valence-electron chi connectivity index (χ0n) is 22.9. The van der Waals surface area contributed by atoms with Crippen molar-refractivity contribution in [2.45, 2.75) is 25.8 Å². The predicted molar refractivity (Wildman–Crippen MR) is 150 cm³/mol. The zero-order chi connectivity index (χ0) is 29.1. The number of piperidine rings is 1. The lowest BCUT2D eigenvalue weighted by Crippen LogP contribution is -2.51. The van der Waals surface area contributed by atoms with E-state index in [1.165, 1.54) is 18.2 Å². The van der Waals surface area contributed by atoms with E-state index in [-0.39, 0.29) is 68.8 Å². The first-order valence-electron chi connectivity index (χ1n) is 13.8. The normalized spacial score (nSPS) is 19.5. The van der Waals surface area contributed by atoms with Crippen LogP contribution in [0.2, 0.25) is 0 Å². The summed E-state index contributed by atoms with van der Waals surface area (Å²) >= 11 is 0. The van der Waals surface area contributed by atoms with Gasteiger partial charge in [0.15, 0.2) is 0 Å². The van der Waals surface area contributed by atoms with Crippen molar-refractivity contribution in [1.82, 2.24) is 26.2 Å². The van der Waals surface area contributed by atoms with Crippen molar-refractivity contribution in [1.29, 1.82) is 0 Å². The molecule has 1 fully saturated rings. The molecule has 41 heavy (non-hydrogen) atoms. The molecule has 10 nitrogen and oxygen atoms in total. The Morgan fingerprint density at radius 2 is 1.76 bits per heavy atom. The van der Waals surface area contributed by atoms with Gasteiger partial charge in [0.25, 0.3) is 5.91 Å². The highest BCUT2D eigenvalue weighted by molar-refractivity contribution is 5.97. The number of halogens is 1. The Kier molecular flexibility index (Phi) is 10.4. The van der Waals surface area contributed by atoms with Crippen molar-refractivity contribution >= 4 is 23.6 Å². The van der Waals surface area contributed by atoms with Crippen LogP contribution in [0.15, 0.2) is 60.7 Å². The molecule has 0 aliphatic carbocycles. The fraction of sp³-hybridized carbons (Fsp3) is 0.400. The molecule has 1 saturated heterocycles. The molecule has 11 heteroatoms. The zero-order valence-corrected chi connectivity index (χ0v) is 22.9. The van der Waals surface area contributed by atoms with Gasteiger partial charge in [-0.25, -0.2) is 4.39 Å². The lowest BCUT2D eigenvalue weighted by molar-refractivity contribution is -0.134.